The molecule has 0 amide bonds. The molecular formula is C60H45N. The fourth-order valence-corrected chi connectivity index (χ4v) is 11.6. The summed E-state index contributed by atoms with van der Waals surface area (Å²) in [6.45, 7) is 7.18. The lowest BCUT2D eigenvalue weighted by Gasteiger charge is -2.35. The van der Waals surface area contributed by atoms with Gasteiger partial charge in [-0.15, -0.1) is 0 Å². The molecule has 3 aliphatic carbocycles. The second-order valence-corrected chi connectivity index (χ2v) is 17.7. The van der Waals surface area contributed by atoms with Crippen LogP contribution in [0.5, 0.6) is 0 Å². The van der Waals surface area contributed by atoms with Crippen molar-refractivity contribution in [3.8, 4) is 33.4 Å². The monoisotopic (exact) mass is 779 g/mol. The summed E-state index contributed by atoms with van der Waals surface area (Å²) in [7, 11) is 0. The molecule has 0 aromatic heterocycles. The SMILES string of the molecule is CC1(C)c2ccccc2-c2ccc(N(c3cccc(C4(C)c5ccccc5-c5ccccc54)c3)c3cccc4c3-c3ccccc3C4(c3ccccc3)c3ccccc3)cc21. The number of hydrogen-bond acceptors (Lipinski definition) is 1. The van der Waals surface area contributed by atoms with E-state index in [1.165, 1.54) is 89.1 Å². The third kappa shape index (κ3) is 4.83. The third-order valence-electron chi connectivity index (χ3n) is 14.4. The van der Waals surface area contributed by atoms with Crippen LogP contribution < -0.4 is 4.90 Å². The maximum atomic E-state index is 2.56. The average Bonchev–Trinajstić information content (AvgIpc) is 3.86. The largest absolute Gasteiger partial charge is 0.310 e. The molecule has 0 atom stereocenters. The summed E-state index contributed by atoms with van der Waals surface area (Å²) >= 11 is 0. The van der Waals surface area contributed by atoms with E-state index in [-0.39, 0.29) is 10.8 Å². The molecule has 0 bridgehead atoms. The van der Waals surface area contributed by atoms with E-state index < -0.39 is 5.41 Å². The Hall–Kier alpha value is -7.22. The van der Waals surface area contributed by atoms with Crippen molar-refractivity contribution in [3.63, 3.8) is 0 Å². The van der Waals surface area contributed by atoms with Gasteiger partial charge in [0.15, 0.2) is 0 Å². The van der Waals surface area contributed by atoms with Gasteiger partial charge < -0.3 is 4.90 Å². The highest BCUT2D eigenvalue weighted by Crippen LogP contribution is 2.60. The fraction of sp³-hybridized carbons (Fsp3) is 0.100. The summed E-state index contributed by atoms with van der Waals surface area (Å²) in [5.41, 5.74) is 22.1. The first-order chi connectivity index (χ1) is 29.9. The topological polar surface area (TPSA) is 3.24 Å². The van der Waals surface area contributed by atoms with E-state index in [0.717, 1.165) is 11.4 Å². The number of rotatable bonds is 6. The Bertz CT molecular complexity index is 3100. The summed E-state index contributed by atoms with van der Waals surface area (Å²) in [6, 6.07) is 81.9. The molecule has 0 heterocycles. The van der Waals surface area contributed by atoms with Crippen LogP contribution in [0.1, 0.15) is 70.8 Å². The lowest BCUT2D eigenvalue weighted by Crippen LogP contribution is -2.28. The standard InChI is InChI=1S/C60H45N/c1-58(2)50-30-14-10-26-45(50)48-37-36-44(39-55(48)58)61(43-25-18-24-42(38-43)59(3)51-31-15-11-27-46(51)47-28-12-16-32-52(47)59)56-35-19-34-54-57(56)49-29-13-17-33-53(49)60(54,40-20-6-4-7-21-40)41-22-8-5-9-23-41/h4-39H,1-3H3. The molecule has 0 N–H and O–H groups in total. The molecule has 0 radical (unpaired) electrons. The normalized spacial score (nSPS) is 15.2. The first kappa shape index (κ1) is 35.7. The number of nitrogens with zero attached hydrogens (tertiary/aromatic N) is 1. The van der Waals surface area contributed by atoms with Crippen molar-refractivity contribution >= 4 is 17.1 Å². The molecule has 1 heteroatoms. The van der Waals surface area contributed by atoms with Gasteiger partial charge in [-0.3, -0.25) is 0 Å². The number of benzene rings is 9. The Labute approximate surface area is 359 Å². The van der Waals surface area contributed by atoms with Crippen LogP contribution in [0.3, 0.4) is 0 Å². The molecule has 0 saturated heterocycles. The number of fused-ring (bicyclic) bond motifs is 9. The van der Waals surface area contributed by atoms with Gasteiger partial charge in [-0.2, -0.15) is 0 Å². The second-order valence-electron chi connectivity index (χ2n) is 17.7. The minimum absolute atomic E-state index is 0.152. The Morgan fingerprint density at radius 3 is 1.41 bits per heavy atom. The quantitative estimate of drug-likeness (QED) is 0.162. The predicted octanol–water partition coefficient (Wildman–Crippen LogP) is 15.2. The first-order valence-corrected chi connectivity index (χ1v) is 21.6. The maximum Gasteiger partial charge on any atom is 0.0714 e. The maximum absolute atomic E-state index is 2.56. The van der Waals surface area contributed by atoms with Crippen molar-refractivity contribution in [2.24, 2.45) is 0 Å². The molecule has 0 aliphatic heterocycles. The van der Waals surface area contributed by atoms with E-state index in [2.05, 4.69) is 244 Å². The van der Waals surface area contributed by atoms with E-state index in [4.69, 9.17) is 0 Å². The van der Waals surface area contributed by atoms with E-state index >= 15 is 0 Å². The van der Waals surface area contributed by atoms with Gasteiger partial charge in [0.2, 0.25) is 0 Å². The lowest BCUT2D eigenvalue weighted by atomic mass is 9.68. The van der Waals surface area contributed by atoms with Crippen molar-refractivity contribution in [3.05, 3.63) is 268 Å². The molecule has 0 spiro atoms. The Morgan fingerprint density at radius 2 is 0.770 bits per heavy atom. The third-order valence-corrected chi connectivity index (χ3v) is 14.4. The minimum atomic E-state index is -0.510. The minimum Gasteiger partial charge on any atom is -0.310 e. The highest BCUT2D eigenvalue weighted by atomic mass is 15.1. The molecule has 3 aliphatic rings. The summed E-state index contributed by atoms with van der Waals surface area (Å²) in [4.78, 5) is 2.56. The predicted molar refractivity (Wildman–Crippen MR) is 253 cm³/mol. The Balaban J connectivity index is 1.14. The van der Waals surface area contributed by atoms with E-state index in [1.807, 2.05) is 0 Å². The highest BCUT2D eigenvalue weighted by molar-refractivity contribution is 5.98. The molecule has 9 aromatic carbocycles. The summed E-state index contributed by atoms with van der Waals surface area (Å²) in [6.07, 6.45) is 0. The van der Waals surface area contributed by atoms with Gasteiger partial charge in [0.05, 0.1) is 11.1 Å². The Morgan fingerprint density at radius 1 is 0.311 bits per heavy atom. The second kappa shape index (κ2) is 13.1. The summed E-state index contributed by atoms with van der Waals surface area (Å²) in [5, 5.41) is 0. The van der Waals surface area contributed by atoms with Gasteiger partial charge >= 0.3 is 0 Å². The van der Waals surface area contributed by atoms with E-state index in [0.29, 0.717) is 0 Å². The smallest absolute Gasteiger partial charge is 0.0714 e. The van der Waals surface area contributed by atoms with Crippen molar-refractivity contribution in [1.29, 1.82) is 0 Å². The van der Waals surface area contributed by atoms with E-state index in [1.54, 1.807) is 0 Å². The first-order valence-electron chi connectivity index (χ1n) is 21.6. The van der Waals surface area contributed by atoms with Crippen LogP contribution in [-0.2, 0) is 16.2 Å². The van der Waals surface area contributed by atoms with Gasteiger partial charge in [-0.1, -0.05) is 202 Å². The molecular weight excluding hydrogens is 735 g/mol. The van der Waals surface area contributed by atoms with Gasteiger partial charge in [-0.25, -0.2) is 0 Å². The highest BCUT2D eigenvalue weighted by Gasteiger charge is 2.48. The zero-order valence-corrected chi connectivity index (χ0v) is 34.7. The van der Waals surface area contributed by atoms with Gasteiger partial charge in [0.1, 0.15) is 0 Å². The van der Waals surface area contributed by atoms with Gasteiger partial charge in [0, 0.05) is 27.8 Å². The zero-order valence-electron chi connectivity index (χ0n) is 34.7. The van der Waals surface area contributed by atoms with Crippen LogP contribution in [0.2, 0.25) is 0 Å². The van der Waals surface area contributed by atoms with Crippen LogP contribution >= 0.6 is 0 Å². The lowest BCUT2D eigenvalue weighted by molar-refractivity contribution is 0.660. The fourth-order valence-electron chi connectivity index (χ4n) is 11.6. The molecule has 290 valence electrons. The van der Waals surface area contributed by atoms with Crippen molar-refractivity contribution < 1.29 is 0 Å². The molecule has 0 unspecified atom stereocenters. The van der Waals surface area contributed by atoms with Crippen LogP contribution in [0, 0.1) is 0 Å². The van der Waals surface area contributed by atoms with Crippen LogP contribution in [0.4, 0.5) is 17.1 Å². The summed E-state index contributed by atoms with van der Waals surface area (Å²) < 4.78 is 0. The molecule has 1 nitrogen and oxygen atoms in total. The average molecular weight is 780 g/mol. The van der Waals surface area contributed by atoms with Gasteiger partial charge in [0.25, 0.3) is 0 Å². The summed E-state index contributed by atoms with van der Waals surface area (Å²) in [5.74, 6) is 0. The van der Waals surface area contributed by atoms with Crippen LogP contribution in [-0.4, -0.2) is 0 Å². The van der Waals surface area contributed by atoms with Crippen LogP contribution in [0.15, 0.2) is 218 Å². The number of hydrogen-bond donors (Lipinski definition) is 0. The van der Waals surface area contributed by atoms with Gasteiger partial charge in [-0.05, 0) is 115 Å². The number of anilines is 3. The molecule has 9 aromatic rings. The van der Waals surface area contributed by atoms with Crippen molar-refractivity contribution in [2.45, 2.75) is 37.0 Å². The van der Waals surface area contributed by atoms with Crippen LogP contribution in [0.25, 0.3) is 33.4 Å². The zero-order chi connectivity index (χ0) is 40.9. The molecule has 0 fully saturated rings. The van der Waals surface area contributed by atoms with Crippen molar-refractivity contribution in [1.82, 2.24) is 0 Å². The van der Waals surface area contributed by atoms with E-state index in [9.17, 15) is 0 Å². The molecule has 0 saturated carbocycles. The molecule has 12 rings (SSSR count). The van der Waals surface area contributed by atoms with Crippen molar-refractivity contribution in [2.75, 3.05) is 4.90 Å². The molecule has 61 heavy (non-hydrogen) atoms. The Kier molecular flexibility index (Phi) is 7.69.